The SMILES string of the molecule is C1CCC(N2CCCC2C2CCCC2)CNC1. The monoisotopic (exact) mass is 236 g/mol. The van der Waals surface area contributed by atoms with Crippen molar-refractivity contribution in [2.45, 2.75) is 69.9 Å². The van der Waals surface area contributed by atoms with E-state index in [0.717, 1.165) is 18.0 Å². The van der Waals surface area contributed by atoms with E-state index in [2.05, 4.69) is 10.2 Å². The van der Waals surface area contributed by atoms with Crippen molar-refractivity contribution < 1.29 is 0 Å². The Labute approximate surface area is 106 Å². The van der Waals surface area contributed by atoms with Gasteiger partial charge in [-0.25, -0.2) is 0 Å². The molecule has 0 aromatic carbocycles. The summed E-state index contributed by atoms with van der Waals surface area (Å²) in [5, 5.41) is 3.64. The van der Waals surface area contributed by atoms with E-state index in [-0.39, 0.29) is 0 Å². The summed E-state index contributed by atoms with van der Waals surface area (Å²) in [6, 6.07) is 1.80. The lowest BCUT2D eigenvalue weighted by molar-refractivity contribution is 0.129. The van der Waals surface area contributed by atoms with Crippen LogP contribution in [0.5, 0.6) is 0 Å². The standard InChI is InChI=1S/C15H28N2/c1-2-7-13(6-1)15-9-5-11-17(15)14-8-3-4-10-16-12-14/h13-16H,1-12H2. The van der Waals surface area contributed by atoms with Crippen molar-refractivity contribution >= 4 is 0 Å². The first kappa shape index (κ1) is 12.0. The number of hydrogen-bond acceptors (Lipinski definition) is 2. The molecule has 2 nitrogen and oxygen atoms in total. The van der Waals surface area contributed by atoms with Gasteiger partial charge in [0.2, 0.25) is 0 Å². The van der Waals surface area contributed by atoms with E-state index in [1.54, 1.807) is 0 Å². The van der Waals surface area contributed by atoms with E-state index in [9.17, 15) is 0 Å². The van der Waals surface area contributed by atoms with Crippen LogP contribution in [0.2, 0.25) is 0 Å². The quantitative estimate of drug-likeness (QED) is 0.793. The molecule has 1 N–H and O–H groups in total. The maximum atomic E-state index is 3.64. The Bertz CT molecular complexity index is 227. The number of likely N-dealkylation sites (tertiary alicyclic amines) is 1. The Hall–Kier alpha value is -0.0800. The number of rotatable bonds is 2. The van der Waals surface area contributed by atoms with Gasteiger partial charge in [-0.1, -0.05) is 19.3 Å². The number of nitrogens with one attached hydrogen (secondary N) is 1. The van der Waals surface area contributed by atoms with Gasteiger partial charge >= 0.3 is 0 Å². The molecule has 3 aliphatic rings. The van der Waals surface area contributed by atoms with Crippen molar-refractivity contribution in [3.63, 3.8) is 0 Å². The van der Waals surface area contributed by atoms with Gasteiger partial charge in [-0.05, 0) is 57.5 Å². The molecule has 0 aromatic rings. The van der Waals surface area contributed by atoms with E-state index in [1.807, 2.05) is 0 Å². The molecule has 2 atom stereocenters. The smallest absolute Gasteiger partial charge is 0.0223 e. The Kier molecular flexibility index (Phi) is 4.02. The summed E-state index contributed by atoms with van der Waals surface area (Å²) in [5.74, 6) is 1.04. The summed E-state index contributed by atoms with van der Waals surface area (Å²) in [5.41, 5.74) is 0. The largest absolute Gasteiger partial charge is 0.315 e. The summed E-state index contributed by atoms with van der Waals surface area (Å²) in [7, 11) is 0. The molecule has 3 fully saturated rings. The van der Waals surface area contributed by atoms with Crippen LogP contribution in [0.4, 0.5) is 0 Å². The minimum absolute atomic E-state index is 0.852. The third-order valence-corrected chi connectivity index (χ3v) is 5.28. The van der Waals surface area contributed by atoms with E-state index in [0.29, 0.717) is 0 Å². The van der Waals surface area contributed by atoms with Gasteiger partial charge in [0.05, 0.1) is 0 Å². The van der Waals surface area contributed by atoms with Gasteiger partial charge in [-0.3, -0.25) is 4.90 Å². The average molecular weight is 236 g/mol. The van der Waals surface area contributed by atoms with Gasteiger partial charge in [0.25, 0.3) is 0 Å². The van der Waals surface area contributed by atoms with Gasteiger partial charge in [-0.2, -0.15) is 0 Å². The van der Waals surface area contributed by atoms with Gasteiger partial charge < -0.3 is 5.32 Å². The summed E-state index contributed by atoms with van der Waals surface area (Å²) >= 11 is 0. The van der Waals surface area contributed by atoms with Crippen LogP contribution in [0.15, 0.2) is 0 Å². The second-order valence-corrected chi connectivity index (χ2v) is 6.35. The molecule has 3 rings (SSSR count). The Morgan fingerprint density at radius 1 is 0.824 bits per heavy atom. The van der Waals surface area contributed by atoms with Crippen LogP contribution in [-0.4, -0.2) is 36.6 Å². The van der Waals surface area contributed by atoms with Gasteiger partial charge in [0.1, 0.15) is 0 Å². The average Bonchev–Trinajstić information content (AvgIpc) is 2.95. The molecule has 2 saturated heterocycles. The first-order valence-electron chi connectivity index (χ1n) is 7.91. The maximum absolute atomic E-state index is 3.64. The molecular weight excluding hydrogens is 208 g/mol. The molecule has 2 aliphatic heterocycles. The van der Waals surface area contributed by atoms with E-state index >= 15 is 0 Å². The third kappa shape index (κ3) is 2.68. The topological polar surface area (TPSA) is 15.3 Å². The summed E-state index contributed by atoms with van der Waals surface area (Å²) in [4.78, 5) is 2.90. The highest BCUT2D eigenvalue weighted by molar-refractivity contribution is 4.92. The maximum Gasteiger partial charge on any atom is 0.0223 e. The summed E-state index contributed by atoms with van der Waals surface area (Å²) in [6.07, 6.45) is 13.2. The molecule has 1 saturated carbocycles. The minimum atomic E-state index is 0.852. The van der Waals surface area contributed by atoms with Crippen molar-refractivity contribution in [3.05, 3.63) is 0 Å². The molecule has 17 heavy (non-hydrogen) atoms. The molecule has 0 aromatic heterocycles. The fraction of sp³-hybridized carbons (Fsp3) is 1.00. The van der Waals surface area contributed by atoms with Crippen LogP contribution < -0.4 is 5.32 Å². The molecule has 0 radical (unpaired) electrons. The second kappa shape index (κ2) is 5.71. The summed E-state index contributed by atoms with van der Waals surface area (Å²) < 4.78 is 0. The Morgan fingerprint density at radius 2 is 1.65 bits per heavy atom. The van der Waals surface area contributed by atoms with Crippen LogP contribution in [0.25, 0.3) is 0 Å². The molecule has 0 amide bonds. The van der Waals surface area contributed by atoms with Crippen molar-refractivity contribution in [1.29, 1.82) is 0 Å². The Balaban J connectivity index is 1.63. The van der Waals surface area contributed by atoms with Crippen LogP contribution in [-0.2, 0) is 0 Å². The van der Waals surface area contributed by atoms with Crippen LogP contribution in [0.1, 0.15) is 57.8 Å². The highest BCUT2D eigenvalue weighted by atomic mass is 15.2. The highest BCUT2D eigenvalue weighted by Gasteiger charge is 2.36. The fourth-order valence-corrected chi connectivity index (χ4v) is 4.40. The van der Waals surface area contributed by atoms with Crippen molar-refractivity contribution in [2.24, 2.45) is 5.92 Å². The molecule has 2 heterocycles. The van der Waals surface area contributed by atoms with Crippen molar-refractivity contribution in [1.82, 2.24) is 10.2 Å². The predicted octanol–water partition coefficient (Wildman–Crippen LogP) is 2.78. The molecule has 2 heteroatoms. The van der Waals surface area contributed by atoms with E-state index in [4.69, 9.17) is 0 Å². The van der Waals surface area contributed by atoms with Gasteiger partial charge in [0.15, 0.2) is 0 Å². The van der Waals surface area contributed by atoms with Gasteiger partial charge in [-0.15, -0.1) is 0 Å². The fourth-order valence-electron chi connectivity index (χ4n) is 4.40. The first-order valence-corrected chi connectivity index (χ1v) is 7.91. The zero-order valence-electron chi connectivity index (χ0n) is 11.2. The van der Waals surface area contributed by atoms with Crippen LogP contribution >= 0.6 is 0 Å². The van der Waals surface area contributed by atoms with Crippen LogP contribution in [0, 0.1) is 5.92 Å². The zero-order valence-corrected chi connectivity index (χ0v) is 11.2. The molecular formula is C15H28N2. The lowest BCUT2D eigenvalue weighted by Crippen LogP contribution is -2.46. The lowest BCUT2D eigenvalue weighted by Gasteiger charge is -2.35. The van der Waals surface area contributed by atoms with Crippen LogP contribution in [0.3, 0.4) is 0 Å². The molecule has 1 aliphatic carbocycles. The normalized spacial score (nSPS) is 37.4. The molecule has 98 valence electrons. The van der Waals surface area contributed by atoms with Crippen molar-refractivity contribution in [3.8, 4) is 0 Å². The number of hydrogen-bond donors (Lipinski definition) is 1. The molecule has 2 unspecified atom stereocenters. The predicted molar refractivity (Wildman–Crippen MR) is 72.2 cm³/mol. The molecule has 0 spiro atoms. The molecule has 0 bridgehead atoms. The Morgan fingerprint density at radius 3 is 2.53 bits per heavy atom. The van der Waals surface area contributed by atoms with E-state index < -0.39 is 0 Å². The van der Waals surface area contributed by atoms with Gasteiger partial charge in [0, 0.05) is 18.6 Å². The third-order valence-electron chi connectivity index (χ3n) is 5.28. The zero-order chi connectivity index (χ0) is 11.5. The first-order chi connectivity index (χ1) is 8.45. The minimum Gasteiger partial charge on any atom is -0.315 e. The highest BCUT2D eigenvalue weighted by Crippen LogP contribution is 2.37. The van der Waals surface area contributed by atoms with Crippen molar-refractivity contribution in [2.75, 3.05) is 19.6 Å². The lowest BCUT2D eigenvalue weighted by atomic mass is 9.94. The summed E-state index contributed by atoms with van der Waals surface area (Å²) in [6.45, 7) is 3.88. The second-order valence-electron chi connectivity index (χ2n) is 6.35. The number of nitrogens with zero attached hydrogens (tertiary/aromatic N) is 1. The van der Waals surface area contributed by atoms with E-state index in [1.165, 1.54) is 77.4 Å².